The molecule has 0 N–H and O–H groups in total. The van der Waals surface area contributed by atoms with E-state index in [0.717, 1.165) is 45.3 Å². The summed E-state index contributed by atoms with van der Waals surface area (Å²) in [5, 5.41) is 0.659. The molecule has 194 valence electrons. The number of hydrogen-bond acceptors (Lipinski definition) is 3. The summed E-state index contributed by atoms with van der Waals surface area (Å²) in [5.41, 5.74) is 9.96. The third-order valence-electron chi connectivity index (χ3n) is 5.79. The average molecular weight is 587 g/mol. The van der Waals surface area contributed by atoms with Gasteiger partial charge in [-0.15, -0.1) is 0 Å². The molecular formula is C29H34Cl3FeN3. The van der Waals surface area contributed by atoms with Crippen LogP contribution in [-0.2, 0) is 13.1 Å². The summed E-state index contributed by atoms with van der Waals surface area (Å²) < 4.78 is 0. The van der Waals surface area contributed by atoms with Crippen molar-refractivity contribution in [1.82, 2.24) is 4.98 Å². The molecule has 0 bridgehead atoms. The monoisotopic (exact) mass is 585 g/mol. The number of halogens is 3. The zero-order valence-corrected chi connectivity index (χ0v) is 25.5. The second kappa shape index (κ2) is 14.3. The van der Waals surface area contributed by atoms with E-state index in [0.29, 0.717) is 16.9 Å². The number of nitrogens with zero attached hydrogens (tertiary/aromatic N) is 3. The minimum absolute atomic E-state index is 0.194. The SMILES string of the molecule is CC(=Nc1c(C)cc(C)cc1Cl)c1cccc(C(C)=Nc2c(C(C)C)cccc2C(C)C)n1.[Cl][Fe][Cl]. The first kappa shape index (κ1) is 30.5. The van der Waals surface area contributed by atoms with E-state index in [9.17, 15) is 0 Å². The summed E-state index contributed by atoms with van der Waals surface area (Å²) in [7, 11) is 9.53. The quantitative estimate of drug-likeness (QED) is 0.209. The van der Waals surface area contributed by atoms with Crippen LogP contribution in [0, 0.1) is 13.8 Å². The first-order chi connectivity index (χ1) is 17.0. The van der Waals surface area contributed by atoms with Crippen LogP contribution >= 0.6 is 31.8 Å². The van der Waals surface area contributed by atoms with Crippen molar-refractivity contribution in [1.29, 1.82) is 0 Å². The molecule has 0 saturated carbocycles. The summed E-state index contributed by atoms with van der Waals surface area (Å²) >= 11 is 6.67. The molecule has 0 radical (unpaired) electrons. The summed E-state index contributed by atoms with van der Waals surface area (Å²) in [4.78, 5) is 14.8. The molecule has 1 heterocycles. The first-order valence-electron chi connectivity index (χ1n) is 11.8. The molecule has 7 heteroatoms. The van der Waals surface area contributed by atoms with Crippen molar-refractivity contribution in [3.8, 4) is 0 Å². The predicted octanol–water partition coefficient (Wildman–Crippen LogP) is 10.3. The van der Waals surface area contributed by atoms with Crippen LogP contribution in [0.1, 0.15) is 87.0 Å². The Morgan fingerprint density at radius 1 is 0.778 bits per heavy atom. The van der Waals surface area contributed by atoms with E-state index in [1.807, 2.05) is 52.0 Å². The Balaban J connectivity index is 0.00000145. The number of aryl methyl sites for hydroxylation is 2. The van der Waals surface area contributed by atoms with Gasteiger partial charge in [0, 0.05) is 0 Å². The Morgan fingerprint density at radius 3 is 1.67 bits per heavy atom. The summed E-state index contributed by atoms with van der Waals surface area (Å²) in [6.07, 6.45) is 0. The van der Waals surface area contributed by atoms with Crippen LogP contribution in [0.5, 0.6) is 0 Å². The molecule has 1 aromatic heterocycles. The molecule has 0 atom stereocenters. The Bertz CT molecular complexity index is 1200. The fourth-order valence-electron chi connectivity index (χ4n) is 3.98. The van der Waals surface area contributed by atoms with E-state index < -0.39 is 0 Å². The second-order valence-corrected chi connectivity index (χ2v) is 11.6. The number of aliphatic imine (C=N–C) groups is 2. The Labute approximate surface area is 236 Å². The zero-order chi connectivity index (χ0) is 27.0. The van der Waals surface area contributed by atoms with Crippen LogP contribution in [0.25, 0.3) is 0 Å². The Kier molecular flexibility index (Phi) is 12.1. The third-order valence-corrected chi connectivity index (χ3v) is 6.08. The van der Waals surface area contributed by atoms with Crippen molar-refractivity contribution in [3.05, 3.63) is 87.2 Å². The fourth-order valence-corrected chi connectivity index (χ4v) is 4.34. The molecule has 0 fully saturated rings. The van der Waals surface area contributed by atoms with Gasteiger partial charge in [0.15, 0.2) is 0 Å². The van der Waals surface area contributed by atoms with Gasteiger partial charge in [-0.3, -0.25) is 4.99 Å². The number of aromatic nitrogens is 1. The number of benzene rings is 2. The molecule has 3 nitrogen and oxygen atoms in total. The molecule has 0 aliphatic heterocycles. The van der Waals surface area contributed by atoms with Crippen LogP contribution in [0.4, 0.5) is 11.4 Å². The molecule has 36 heavy (non-hydrogen) atoms. The molecule has 0 saturated heterocycles. The van der Waals surface area contributed by atoms with Gasteiger partial charge in [-0.1, -0.05) is 69.6 Å². The molecule has 0 aliphatic carbocycles. The summed E-state index contributed by atoms with van der Waals surface area (Å²) in [6, 6.07) is 16.5. The maximum atomic E-state index is 6.47. The van der Waals surface area contributed by atoms with E-state index >= 15 is 0 Å². The van der Waals surface area contributed by atoms with Crippen LogP contribution in [0.15, 0.2) is 58.5 Å². The molecule has 3 rings (SSSR count). The number of pyridine rings is 1. The van der Waals surface area contributed by atoms with Crippen molar-refractivity contribution >= 4 is 54.6 Å². The van der Waals surface area contributed by atoms with E-state index in [1.165, 1.54) is 11.1 Å². The van der Waals surface area contributed by atoms with Crippen LogP contribution in [0.3, 0.4) is 0 Å². The van der Waals surface area contributed by atoms with Crippen molar-refractivity contribution in [3.63, 3.8) is 0 Å². The fraction of sp³-hybridized carbons (Fsp3) is 0.345. The van der Waals surface area contributed by atoms with Gasteiger partial charge >= 0.3 is 33.3 Å². The Morgan fingerprint density at radius 2 is 1.22 bits per heavy atom. The third kappa shape index (κ3) is 8.16. The number of hydrogen-bond donors (Lipinski definition) is 0. The van der Waals surface area contributed by atoms with E-state index in [-0.39, 0.29) is 13.1 Å². The Hall–Kier alpha value is -1.68. The second-order valence-electron chi connectivity index (χ2n) is 9.36. The molecule has 0 aliphatic rings. The van der Waals surface area contributed by atoms with Crippen molar-refractivity contribution in [2.24, 2.45) is 9.98 Å². The van der Waals surface area contributed by atoms with Gasteiger partial charge in [-0.25, -0.2) is 9.98 Å². The van der Waals surface area contributed by atoms with E-state index in [1.54, 1.807) is 0 Å². The first-order valence-corrected chi connectivity index (χ1v) is 15.2. The van der Waals surface area contributed by atoms with Crippen LogP contribution in [0.2, 0.25) is 5.02 Å². The van der Waals surface area contributed by atoms with E-state index in [4.69, 9.17) is 46.8 Å². The van der Waals surface area contributed by atoms with Gasteiger partial charge in [0.25, 0.3) is 0 Å². The van der Waals surface area contributed by atoms with Gasteiger partial charge in [-0.2, -0.15) is 0 Å². The van der Waals surface area contributed by atoms with Crippen LogP contribution < -0.4 is 0 Å². The molecular weight excluding hydrogens is 553 g/mol. The van der Waals surface area contributed by atoms with Gasteiger partial charge in [0.2, 0.25) is 0 Å². The normalized spacial score (nSPS) is 12.2. The molecule has 0 unspecified atom stereocenters. The van der Waals surface area contributed by atoms with Gasteiger partial charge in [-0.05, 0) is 80.0 Å². The van der Waals surface area contributed by atoms with Crippen molar-refractivity contribution in [2.75, 3.05) is 0 Å². The molecule has 0 amide bonds. The predicted molar refractivity (Wildman–Crippen MR) is 155 cm³/mol. The van der Waals surface area contributed by atoms with Gasteiger partial charge in [0.1, 0.15) is 0 Å². The number of rotatable bonds is 6. The van der Waals surface area contributed by atoms with Gasteiger partial charge in [0.05, 0.1) is 39.2 Å². The van der Waals surface area contributed by atoms with Gasteiger partial charge < -0.3 is 0 Å². The molecule has 0 spiro atoms. The average Bonchev–Trinajstić information content (AvgIpc) is 2.81. The van der Waals surface area contributed by atoms with Crippen LogP contribution in [-0.4, -0.2) is 16.4 Å². The topological polar surface area (TPSA) is 37.6 Å². The summed E-state index contributed by atoms with van der Waals surface area (Å²) in [6.45, 7) is 16.9. The standard InChI is InChI=1S/C29H34ClN3.2ClH.Fe/c1-17(2)23-11-9-12-24(18(3)4)29(23)32-22(8)27-14-10-13-26(33-27)21(7)31-28-20(6)15-19(5)16-25(28)30;;;/h9-18H,1-8H3;2*1H;/q;;;+2/p-2. The van der Waals surface area contributed by atoms with E-state index in [2.05, 4.69) is 52.0 Å². The zero-order valence-electron chi connectivity index (χ0n) is 22.1. The van der Waals surface area contributed by atoms with Crippen molar-refractivity contribution < 1.29 is 13.1 Å². The maximum absolute atomic E-state index is 6.47. The molecule has 2 aromatic carbocycles. The minimum atomic E-state index is 0.194. The molecule has 3 aromatic rings. The summed E-state index contributed by atoms with van der Waals surface area (Å²) in [5.74, 6) is 0.790. The van der Waals surface area contributed by atoms with Crippen molar-refractivity contribution in [2.45, 2.75) is 67.2 Å². The number of para-hydroxylation sites is 1.